The molecule has 1 saturated heterocycles. The number of rotatable bonds is 4. The molecule has 2 aromatic rings. The maximum absolute atomic E-state index is 12.1. The van der Waals surface area contributed by atoms with Gasteiger partial charge >= 0.3 is 6.03 Å². The summed E-state index contributed by atoms with van der Waals surface area (Å²) in [6, 6.07) is 3.61. The van der Waals surface area contributed by atoms with Gasteiger partial charge in [-0.2, -0.15) is 0 Å². The minimum absolute atomic E-state index is 0.0741. The van der Waals surface area contributed by atoms with Crippen molar-refractivity contribution >= 4 is 6.03 Å². The van der Waals surface area contributed by atoms with Crippen LogP contribution >= 0.6 is 0 Å². The molecule has 3 rings (SSSR count). The van der Waals surface area contributed by atoms with E-state index in [0.29, 0.717) is 32.8 Å². The molecule has 1 unspecified atom stereocenters. The van der Waals surface area contributed by atoms with Crippen molar-refractivity contribution in [2.75, 3.05) is 26.2 Å². The van der Waals surface area contributed by atoms with Crippen molar-refractivity contribution in [3.8, 4) is 0 Å². The first kappa shape index (κ1) is 13.7. The Morgan fingerprint density at radius 3 is 3.24 bits per heavy atom. The Morgan fingerprint density at radius 2 is 2.48 bits per heavy atom. The highest BCUT2D eigenvalue weighted by molar-refractivity contribution is 5.74. The molecule has 0 spiro atoms. The topological polar surface area (TPSA) is 72.5 Å². The summed E-state index contributed by atoms with van der Waals surface area (Å²) in [7, 11) is 0. The molecule has 2 amide bonds. The maximum Gasteiger partial charge on any atom is 0.317 e. The standard InChI is InChI=1S/C14H18N4O3/c19-14(16-4-6-17-5-3-15-11-17)18-7-9-21-13(10-18)12-2-1-8-20-12/h1-3,5,8,11,13H,4,6-7,9-10H2,(H,16,19). The summed E-state index contributed by atoms with van der Waals surface area (Å²) in [6.07, 6.45) is 6.75. The van der Waals surface area contributed by atoms with E-state index in [1.165, 1.54) is 0 Å². The van der Waals surface area contributed by atoms with Gasteiger partial charge in [-0.1, -0.05) is 0 Å². The number of carbonyl (C=O) groups is 1. The van der Waals surface area contributed by atoms with Gasteiger partial charge < -0.3 is 23.9 Å². The Balaban J connectivity index is 1.48. The normalized spacial score (nSPS) is 18.7. The van der Waals surface area contributed by atoms with Gasteiger partial charge in [0.05, 0.1) is 25.7 Å². The number of ether oxygens (including phenoxy) is 1. The molecule has 112 valence electrons. The van der Waals surface area contributed by atoms with E-state index >= 15 is 0 Å². The fourth-order valence-corrected chi connectivity index (χ4v) is 2.30. The van der Waals surface area contributed by atoms with Crippen LogP contribution < -0.4 is 5.32 Å². The SMILES string of the molecule is O=C(NCCn1ccnc1)N1CCOC(c2ccco2)C1. The molecule has 7 heteroatoms. The third-order valence-corrected chi connectivity index (χ3v) is 3.42. The lowest BCUT2D eigenvalue weighted by Crippen LogP contribution is -2.47. The van der Waals surface area contributed by atoms with Crippen molar-refractivity contribution < 1.29 is 13.9 Å². The van der Waals surface area contributed by atoms with Crippen LogP contribution in [0, 0.1) is 0 Å². The number of carbonyl (C=O) groups excluding carboxylic acids is 1. The van der Waals surface area contributed by atoms with Crippen molar-refractivity contribution in [3.63, 3.8) is 0 Å². The van der Waals surface area contributed by atoms with Gasteiger partial charge in [0.25, 0.3) is 0 Å². The summed E-state index contributed by atoms with van der Waals surface area (Å²) in [5.41, 5.74) is 0. The molecule has 0 aromatic carbocycles. The predicted molar refractivity (Wildman–Crippen MR) is 74.6 cm³/mol. The fraction of sp³-hybridized carbons (Fsp3) is 0.429. The molecule has 2 aromatic heterocycles. The molecule has 1 aliphatic rings. The maximum atomic E-state index is 12.1. The summed E-state index contributed by atoms with van der Waals surface area (Å²) in [6.45, 7) is 2.88. The number of amides is 2. The summed E-state index contributed by atoms with van der Waals surface area (Å²) >= 11 is 0. The van der Waals surface area contributed by atoms with Gasteiger partial charge in [-0.25, -0.2) is 9.78 Å². The summed E-state index contributed by atoms with van der Waals surface area (Å²) in [5, 5.41) is 2.91. The zero-order valence-corrected chi connectivity index (χ0v) is 11.6. The summed E-state index contributed by atoms with van der Waals surface area (Å²) in [5.74, 6) is 0.755. The summed E-state index contributed by atoms with van der Waals surface area (Å²) < 4.78 is 12.9. The van der Waals surface area contributed by atoms with Gasteiger partial charge in [-0.15, -0.1) is 0 Å². The van der Waals surface area contributed by atoms with Gasteiger partial charge in [0.1, 0.15) is 11.9 Å². The second-order valence-corrected chi connectivity index (χ2v) is 4.85. The lowest BCUT2D eigenvalue weighted by atomic mass is 10.2. The lowest BCUT2D eigenvalue weighted by Gasteiger charge is -2.32. The number of nitrogens with zero attached hydrogens (tertiary/aromatic N) is 3. The van der Waals surface area contributed by atoms with Crippen molar-refractivity contribution in [2.24, 2.45) is 0 Å². The van der Waals surface area contributed by atoms with Crippen LogP contribution in [0.5, 0.6) is 0 Å². The Hall–Kier alpha value is -2.28. The Bertz CT molecular complexity index is 553. The van der Waals surface area contributed by atoms with Gasteiger partial charge in [0.15, 0.2) is 0 Å². The molecule has 1 atom stereocenters. The average molecular weight is 290 g/mol. The Kier molecular flexibility index (Phi) is 4.20. The van der Waals surface area contributed by atoms with Crippen LogP contribution in [0.1, 0.15) is 11.9 Å². The first-order chi connectivity index (χ1) is 10.3. The van der Waals surface area contributed by atoms with E-state index in [2.05, 4.69) is 10.3 Å². The number of furan rings is 1. The minimum Gasteiger partial charge on any atom is -0.467 e. The van der Waals surface area contributed by atoms with Gasteiger partial charge in [0, 0.05) is 32.0 Å². The average Bonchev–Trinajstić information content (AvgIpc) is 3.21. The molecule has 1 N–H and O–H groups in total. The fourth-order valence-electron chi connectivity index (χ4n) is 2.30. The number of urea groups is 1. The largest absolute Gasteiger partial charge is 0.467 e. The van der Waals surface area contributed by atoms with Crippen LogP contribution in [0.15, 0.2) is 41.5 Å². The molecular formula is C14H18N4O3. The predicted octanol–water partition coefficient (Wildman–Crippen LogP) is 1.26. The highest BCUT2D eigenvalue weighted by Crippen LogP contribution is 2.22. The molecule has 21 heavy (non-hydrogen) atoms. The van der Waals surface area contributed by atoms with Crippen LogP contribution in [0.3, 0.4) is 0 Å². The second-order valence-electron chi connectivity index (χ2n) is 4.85. The molecule has 0 aliphatic carbocycles. The zero-order chi connectivity index (χ0) is 14.5. The third kappa shape index (κ3) is 3.43. The highest BCUT2D eigenvalue weighted by Gasteiger charge is 2.26. The first-order valence-electron chi connectivity index (χ1n) is 6.96. The van der Waals surface area contributed by atoms with E-state index in [0.717, 1.165) is 5.76 Å². The number of aromatic nitrogens is 2. The van der Waals surface area contributed by atoms with Crippen LogP contribution in [-0.4, -0.2) is 46.7 Å². The molecule has 7 nitrogen and oxygen atoms in total. The van der Waals surface area contributed by atoms with E-state index in [1.54, 1.807) is 23.7 Å². The summed E-state index contributed by atoms with van der Waals surface area (Å²) in [4.78, 5) is 17.9. The van der Waals surface area contributed by atoms with E-state index in [1.807, 2.05) is 22.9 Å². The minimum atomic E-state index is -0.187. The number of nitrogens with one attached hydrogen (secondary N) is 1. The molecule has 0 bridgehead atoms. The Morgan fingerprint density at radius 1 is 1.52 bits per heavy atom. The van der Waals surface area contributed by atoms with Gasteiger partial charge in [-0.3, -0.25) is 0 Å². The zero-order valence-electron chi connectivity index (χ0n) is 11.6. The third-order valence-electron chi connectivity index (χ3n) is 3.42. The lowest BCUT2D eigenvalue weighted by molar-refractivity contribution is -0.0260. The highest BCUT2D eigenvalue weighted by atomic mass is 16.5. The van der Waals surface area contributed by atoms with E-state index in [4.69, 9.17) is 9.15 Å². The van der Waals surface area contributed by atoms with Gasteiger partial charge in [0.2, 0.25) is 0 Å². The molecule has 1 aliphatic heterocycles. The smallest absolute Gasteiger partial charge is 0.317 e. The van der Waals surface area contributed by atoms with Crippen molar-refractivity contribution in [3.05, 3.63) is 42.9 Å². The van der Waals surface area contributed by atoms with Gasteiger partial charge in [-0.05, 0) is 12.1 Å². The number of hydrogen-bond acceptors (Lipinski definition) is 4. The van der Waals surface area contributed by atoms with E-state index in [9.17, 15) is 4.79 Å². The monoisotopic (exact) mass is 290 g/mol. The quantitative estimate of drug-likeness (QED) is 0.920. The molecular weight excluding hydrogens is 272 g/mol. The Labute approximate surface area is 122 Å². The van der Waals surface area contributed by atoms with Crippen LogP contribution in [-0.2, 0) is 11.3 Å². The molecule has 0 radical (unpaired) electrons. The molecule has 0 saturated carbocycles. The number of imidazole rings is 1. The van der Waals surface area contributed by atoms with Crippen molar-refractivity contribution in [2.45, 2.75) is 12.6 Å². The first-order valence-corrected chi connectivity index (χ1v) is 6.96. The van der Waals surface area contributed by atoms with E-state index in [-0.39, 0.29) is 12.1 Å². The number of hydrogen-bond donors (Lipinski definition) is 1. The van der Waals surface area contributed by atoms with Crippen molar-refractivity contribution in [1.82, 2.24) is 19.8 Å². The van der Waals surface area contributed by atoms with Crippen LogP contribution in [0.25, 0.3) is 0 Å². The second kappa shape index (κ2) is 6.45. The van der Waals surface area contributed by atoms with Crippen LogP contribution in [0.2, 0.25) is 0 Å². The molecule has 1 fully saturated rings. The van der Waals surface area contributed by atoms with E-state index < -0.39 is 0 Å². The molecule has 3 heterocycles. The van der Waals surface area contributed by atoms with Crippen molar-refractivity contribution in [1.29, 1.82) is 0 Å². The van der Waals surface area contributed by atoms with Crippen LogP contribution in [0.4, 0.5) is 4.79 Å². The number of morpholine rings is 1.